The minimum Gasteiger partial charge on any atom is -0.481 e. The lowest BCUT2D eigenvalue weighted by Gasteiger charge is -2.22. The average molecular weight is 395 g/mol. The quantitative estimate of drug-likeness (QED) is 0.799. The highest BCUT2D eigenvalue weighted by molar-refractivity contribution is 6.42. The number of rotatable bonds is 6. The first kappa shape index (κ1) is 20.1. The maximum absolute atomic E-state index is 12.4. The molecule has 0 spiro atoms. The zero-order chi connectivity index (χ0) is 19.3. The molecule has 2 amide bonds. The van der Waals surface area contributed by atoms with Crippen molar-refractivity contribution in [2.45, 2.75) is 20.0 Å². The van der Waals surface area contributed by atoms with Crippen molar-refractivity contribution in [2.75, 3.05) is 18.9 Å². The maximum atomic E-state index is 12.4. The van der Waals surface area contributed by atoms with Gasteiger partial charge in [-0.25, -0.2) is 0 Å². The number of hydrogen-bond donors (Lipinski definition) is 1. The topological polar surface area (TPSA) is 58.6 Å². The molecule has 1 N–H and O–H groups in total. The lowest BCUT2D eigenvalue weighted by Crippen LogP contribution is -2.41. The number of hydrogen-bond acceptors (Lipinski definition) is 3. The van der Waals surface area contributed by atoms with Gasteiger partial charge in [0.25, 0.3) is 5.91 Å². The van der Waals surface area contributed by atoms with Crippen LogP contribution in [0, 0.1) is 6.92 Å². The number of ether oxygens (including phenoxy) is 1. The first-order valence-electron chi connectivity index (χ1n) is 7.99. The Balaban J connectivity index is 1.89. The van der Waals surface area contributed by atoms with Crippen LogP contribution in [0.1, 0.15) is 12.5 Å². The molecule has 0 aromatic heterocycles. The fourth-order valence-electron chi connectivity index (χ4n) is 2.25. The first-order valence-corrected chi connectivity index (χ1v) is 8.75. The van der Waals surface area contributed by atoms with E-state index >= 15 is 0 Å². The van der Waals surface area contributed by atoms with Crippen molar-refractivity contribution in [3.63, 3.8) is 0 Å². The molecule has 0 unspecified atom stereocenters. The second kappa shape index (κ2) is 8.92. The number of carbonyl (C=O) groups excluding carboxylic acids is 2. The summed E-state index contributed by atoms with van der Waals surface area (Å²) in [6, 6.07) is 12.2. The van der Waals surface area contributed by atoms with E-state index in [1.807, 2.05) is 31.2 Å². The molecule has 0 fully saturated rings. The van der Waals surface area contributed by atoms with Gasteiger partial charge in [0.15, 0.2) is 6.10 Å². The van der Waals surface area contributed by atoms with Crippen molar-refractivity contribution in [1.82, 2.24) is 4.90 Å². The number of anilines is 1. The van der Waals surface area contributed by atoms with Crippen LogP contribution >= 0.6 is 23.2 Å². The largest absolute Gasteiger partial charge is 0.481 e. The minimum absolute atomic E-state index is 0.0816. The van der Waals surface area contributed by atoms with Gasteiger partial charge in [-0.1, -0.05) is 40.9 Å². The molecular weight excluding hydrogens is 375 g/mol. The summed E-state index contributed by atoms with van der Waals surface area (Å²) in [7, 11) is 1.55. The first-order chi connectivity index (χ1) is 12.3. The van der Waals surface area contributed by atoms with Crippen LogP contribution in [0.25, 0.3) is 0 Å². The molecule has 2 rings (SSSR count). The molecule has 5 nitrogen and oxygen atoms in total. The summed E-state index contributed by atoms with van der Waals surface area (Å²) >= 11 is 11.8. The third kappa shape index (κ3) is 5.64. The summed E-state index contributed by atoms with van der Waals surface area (Å²) in [5.41, 5.74) is 1.78. The second-order valence-corrected chi connectivity index (χ2v) is 6.76. The van der Waals surface area contributed by atoms with Crippen LogP contribution in [0.3, 0.4) is 0 Å². The standard InChI is InChI=1S/C19H20Cl2N2O3/c1-12-4-6-14(7-5-12)22-18(24)11-23(3)19(25)13(2)26-15-8-9-16(20)17(21)10-15/h4-10,13H,11H2,1-3H3,(H,22,24)/t13-/m1/s1. The van der Waals surface area contributed by atoms with Gasteiger partial charge in [-0.3, -0.25) is 9.59 Å². The fraction of sp³-hybridized carbons (Fsp3) is 0.263. The number of aryl methyl sites for hydroxylation is 1. The summed E-state index contributed by atoms with van der Waals surface area (Å²) in [5.74, 6) is -0.181. The van der Waals surface area contributed by atoms with Gasteiger partial charge in [0.05, 0.1) is 16.6 Å². The van der Waals surface area contributed by atoms with Crippen LogP contribution in [0.15, 0.2) is 42.5 Å². The Bertz CT molecular complexity index is 794. The fourth-order valence-corrected chi connectivity index (χ4v) is 2.53. The highest BCUT2D eigenvalue weighted by Crippen LogP contribution is 2.27. The van der Waals surface area contributed by atoms with Gasteiger partial charge in [0.2, 0.25) is 5.91 Å². The van der Waals surface area contributed by atoms with Crippen molar-refractivity contribution < 1.29 is 14.3 Å². The summed E-state index contributed by atoms with van der Waals surface area (Å²) in [6.45, 7) is 3.49. The number of amides is 2. The number of nitrogens with one attached hydrogen (secondary N) is 1. The molecule has 0 bridgehead atoms. The molecule has 0 saturated heterocycles. The van der Waals surface area contributed by atoms with E-state index in [1.165, 1.54) is 11.0 Å². The SMILES string of the molecule is Cc1ccc(NC(=O)CN(C)C(=O)[C@@H](C)Oc2ccc(Cl)c(Cl)c2)cc1. The smallest absolute Gasteiger partial charge is 0.263 e. The van der Waals surface area contributed by atoms with Gasteiger partial charge in [-0.2, -0.15) is 0 Å². The Morgan fingerprint density at radius 1 is 1.12 bits per heavy atom. The Labute approximate surface area is 162 Å². The third-order valence-corrected chi connectivity index (χ3v) is 4.38. The third-order valence-electron chi connectivity index (χ3n) is 3.64. The van der Waals surface area contributed by atoms with Crippen molar-refractivity contribution in [3.05, 3.63) is 58.1 Å². The van der Waals surface area contributed by atoms with Crippen LogP contribution in [-0.2, 0) is 9.59 Å². The molecule has 138 valence electrons. The van der Waals surface area contributed by atoms with Crippen molar-refractivity contribution in [3.8, 4) is 5.75 Å². The lowest BCUT2D eigenvalue weighted by molar-refractivity contribution is -0.139. The summed E-state index contributed by atoms with van der Waals surface area (Å²) in [5, 5.41) is 3.50. The van der Waals surface area contributed by atoms with Gasteiger partial charge in [0.1, 0.15) is 5.75 Å². The van der Waals surface area contributed by atoms with Crippen molar-refractivity contribution >= 4 is 40.7 Å². The summed E-state index contributed by atoms with van der Waals surface area (Å²) < 4.78 is 5.58. The zero-order valence-electron chi connectivity index (χ0n) is 14.8. The Kier molecular flexibility index (Phi) is 6.89. The van der Waals surface area contributed by atoms with Crippen molar-refractivity contribution in [2.24, 2.45) is 0 Å². The predicted octanol–water partition coefficient (Wildman–Crippen LogP) is 4.17. The second-order valence-electron chi connectivity index (χ2n) is 5.94. The monoisotopic (exact) mass is 394 g/mol. The molecule has 2 aromatic carbocycles. The number of benzene rings is 2. The Hall–Kier alpha value is -2.24. The van der Waals surface area contributed by atoms with E-state index in [2.05, 4.69) is 5.32 Å². The molecule has 0 saturated carbocycles. The molecule has 0 aliphatic carbocycles. The Morgan fingerprint density at radius 2 is 1.77 bits per heavy atom. The molecule has 0 aliphatic rings. The number of nitrogens with zero attached hydrogens (tertiary/aromatic N) is 1. The van der Waals surface area contributed by atoms with Crippen LogP contribution in [-0.4, -0.2) is 36.4 Å². The van der Waals surface area contributed by atoms with Crippen molar-refractivity contribution in [1.29, 1.82) is 0 Å². The van der Waals surface area contributed by atoms with E-state index in [0.717, 1.165) is 5.56 Å². The van der Waals surface area contributed by atoms with Gasteiger partial charge in [-0.15, -0.1) is 0 Å². The van der Waals surface area contributed by atoms with Gasteiger partial charge in [0, 0.05) is 18.8 Å². The highest BCUT2D eigenvalue weighted by Gasteiger charge is 2.21. The van der Waals surface area contributed by atoms with Crippen LogP contribution in [0.5, 0.6) is 5.75 Å². The molecule has 0 aliphatic heterocycles. The number of halogens is 2. The zero-order valence-corrected chi connectivity index (χ0v) is 16.3. The van der Waals surface area contributed by atoms with Crippen LogP contribution < -0.4 is 10.1 Å². The minimum atomic E-state index is -0.774. The maximum Gasteiger partial charge on any atom is 0.263 e. The Morgan fingerprint density at radius 3 is 2.38 bits per heavy atom. The van der Waals surface area contributed by atoms with E-state index in [4.69, 9.17) is 27.9 Å². The number of carbonyl (C=O) groups is 2. The summed E-state index contributed by atoms with van der Waals surface area (Å²) in [4.78, 5) is 25.8. The molecule has 0 heterocycles. The summed E-state index contributed by atoms with van der Waals surface area (Å²) in [6.07, 6.45) is -0.774. The molecule has 0 radical (unpaired) electrons. The normalized spacial score (nSPS) is 11.6. The van der Waals surface area contributed by atoms with E-state index in [-0.39, 0.29) is 18.4 Å². The van der Waals surface area contributed by atoms with E-state index in [9.17, 15) is 9.59 Å². The molecular formula is C19H20Cl2N2O3. The van der Waals surface area contributed by atoms with Gasteiger partial charge >= 0.3 is 0 Å². The highest BCUT2D eigenvalue weighted by atomic mass is 35.5. The van der Waals surface area contributed by atoms with Crippen LogP contribution in [0.4, 0.5) is 5.69 Å². The lowest BCUT2D eigenvalue weighted by atomic mass is 10.2. The molecule has 26 heavy (non-hydrogen) atoms. The molecule has 7 heteroatoms. The van der Waals surface area contributed by atoms with Crippen LogP contribution in [0.2, 0.25) is 10.0 Å². The number of likely N-dealkylation sites (N-methyl/N-ethyl adjacent to an activating group) is 1. The molecule has 1 atom stereocenters. The predicted molar refractivity (Wildman–Crippen MR) is 104 cm³/mol. The van der Waals surface area contributed by atoms with E-state index < -0.39 is 6.10 Å². The van der Waals surface area contributed by atoms with Gasteiger partial charge < -0.3 is 15.0 Å². The molecule has 2 aromatic rings. The van der Waals surface area contributed by atoms with Gasteiger partial charge in [-0.05, 0) is 38.1 Å². The van der Waals surface area contributed by atoms with E-state index in [0.29, 0.717) is 21.5 Å². The van der Waals surface area contributed by atoms with E-state index in [1.54, 1.807) is 26.1 Å². The average Bonchev–Trinajstić information content (AvgIpc) is 2.59.